The average molecular weight is 281 g/mol. The molecule has 0 atom stereocenters. The molecule has 3 rings (SSSR count). The van der Waals surface area contributed by atoms with Gasteiger partial charge in [-0.15, -0.1) is 5.10 Å². The Hall–Kier alpha value is -2.66. The first-order valence-corrected chi connectivity index (χ1v) is 6.65. The number of rotatable bonds is 4. The Morgan fingerprint density at radius 2 is 1.67 bits per heavy atom. The van der Waals surface area contributed by atoms with Crippen molar-refractivity contribution in [3.8, 4) is 11.4 Å². The largest absolute Gasteiger partial charge is 0.508 e. The van der Waals surface area contributed by atoms with Crippen molar-refractivity contribution in [2.45, 2.75) is 13.0 Å². The Morgan fingerprint density at radius 3 is 2.33 bits per heavy atom. The van der Waals surface area contributed by atoms with Gasteiger partial charge in [0.25, 0.3) is 0 Å². The fraction of sp³-hybridized carbons (Fsp3) is 0.125. The zero-order valence-electron chi connectivity index (χ0n) is 11.3. The second-order valence-electron chi connectivity index (χ2n) is 4.73. The molecule has 21 heavy (non-hydrogen) atoms. The summed E-state index contributed by atoms with van der Waals surface area (Å²) in [4.78, 5) is 0. The second kappa shape index (κ2) is 5.76. The van der Waals surface area contributed by atoms with Gasteiger partial charge in [0.1, 0.15) is 11.4 Å². The van der Waals surface area contributed by atoms with Crippen LogP contribution in [0, 0.1) is 0 Å². The van der Waals surface area contributed by atoms with Crippen molar-refractivity contribution in [3.63, 3.8) is 0 Å². The monoisotopic (exact) mass is 281 g/mol. The van der Waals surface area contributed by atoms with Gasteiger partial charge in [0.05, 0.1) is 18.0 Å². The molecule has 0 amide bonds. The van der Waals surface area contributed by atoms with Crippen molar-refractivity contribution in [1.29, 1.82) is 0 Å². The van der Waals surface area contributed by atoms with Crippen molar-refractivity contribution >= 4 is 0 Å². The van der Waals surface area contributed by atoms with Crippen LogP contribution in [-0.4, -0.2) is 25.2 Å². The SMILES string of the molecule is OCc1nnn(-c2ccc(O)cc2)c1Cc1ccccc1. The summed E-state index contributed by atoms with van der Waals surface area (Å²) in [7, 11) is 0. The third-order valence-electron chi connectivity index (χ3n) is 3.30. The lowest BCUT2D eigenvalue weighted by molar-refractivity contribution is 0.275. The number of aliphatic hydroxyl groups is 1. The van der Waals surface area contributed by atoms with Gasteiger partial charge in [-0.2, -0.15) is 0 Å². The summed E-state index contributed by atoms with van der Waals surface area (Å²) in [5.74, 6) is 0.200. The van der Waals surface area contributed by atoms with E-state index in [4.69, 9.17) is 0 Å². The molecular weight excluding hydrogens is 266 g/mol. The normalized spacial score (nSPS) is 10.7. The summed E-state index contributed by atoms with van der Waals surface area (Å²) in [5.41, 5.74) is 3.32. The lowest BCUT2D eigenvalue weighted by Crippen LogP contribution is -2.04. The molecule has 2 aromatic carbocycles. The van der Waals surface area contributed by atoms with Crippen molar-refractivity contribution in [3.05, 3.63) is 71.5 Å². The van der Waals surface area contributed by atoms with E-state index in [-0.39, 0.29) is 12.4 Å². The van der Waals surface area contributed by atoms with Crippen molar-refractivity contribution in [2.24, 2.45) is 0 Å². The van der Waals surface area contributed by atoms with Gasteiger partial charge in [0.2, 0.25) is 0 Å². The molecule has 0 saturated carbocycles. The van der Waals surface area contributed by atoms with Crippen LogP contribution in [0.5, 0.6) is 5.75 Å². The van der Waals surface area contributed by atoms with Gasteiger partial charge < -0.3 is 10.2 Å². The number of phenols is 1. The van der Waals surface area contributed by atoms with Gasteiger partial charge in [-0.3, -0.25) is 0 Å². The topological polar surface area (TPSA) is 71.2 Å². The molecule has 0 radical (unpaired) electrons. The number of phenolic OH excluding ortho intramolecular Hbond substituents is 1. The number of aliphatic hydroxyl groups excluding tert-OH is 1. The third kappa shape index (κ3) is 2.78. The van der Waals surface area contributed by atoms with E-state index in [0.717, 1.165) is 16.9 Å². The first-order chi connectivity index (χ1) is 10.3. The average Bonchev–Trinajstić information content (AvgIpc) is 2.92. The van der Waals surface area contributed by atoms with E-state index >= 15 is 0 Å². The minimum atomic E-state index is -0.153. The molecule has 5 nitrogen and oxygen atoms in total. The Morgan fingerprint density at radius 1 is 0.952 bits per heavy atom. The summed E-state index contributed by atoms with van der Waals surface area (Å²) in [6.07, 6.45) is 0.630. The van der Waals surface area contributed by atoms with E-state index in [2.05, 4.69) is 10.3 Å². The minimum Gasteiger partial charge on any atom is -0.508 e. The highest BCUT2D eigenvalue weighted by atomic mass is 16.3. The van der Waals surface area contributed by atoms with E-state index in [9.17, 15) is 10.2 Å². The van der Waals surface area contributed by atoms with E-state index in [1.807, 2.05) is 30.3 Å². The second-order valence-corrected chi connectivity index (χ2v) is 4.73. The molecule has 2 N–H and O–H groups in total. The fourth-order valence-corrected chi connectivity index (χ4v) is 2.22. The van der Waals surface area contributed by atoms with Gasteiger partial charge in [-0.1, -0.05) is 35.5 Å². The zero-order chi connectivity index (χ0) is 14.7. The number of nitrogens with zero attached hydrogens (tertiary/aromatic N) is 3. The summed E-state index contributed by atoms with van der Waals surface area (Å²) in [6, 6.07) is 16.7. The van der Waals surface area contributed by atoms with Crippen molar-refractivity contribution < 1.29 is 10.2 Å². The predicted molar refractivity (Wildman–Crippen MR) is 78.2 cm³/mol. The van der Waals surface area contributed by atoms with E-state index < -0.39 is 0 Å². The predicted octanol–water partition coefficient (Wildman–Crippen LogP) is 2.06. The minimum absolute atomic E-state index is 0.153. The summed E-state index contributed by atoms with van der Waals surface area (Å²) >= 11 is 0. The molecular formula is C16H15N3O2. The number of hydrogen-bond acceptors (Lipinski definition) is 4. The lowest BCUT2D eigenvalue weighted by atomic mass is 10.1. The molecule has 0 bridgehead atoms. The van der Waals surface area contributed by atoms with Crippen LogP contribution in [0.25, 0.3) is 5.69 Å². The van der Waals surface area contributed by atoms with Crippen LogP contribution in [0.1, 0.15) is 17.0 Å². The Labute approximate surface area is 122 Å². The lowest BCUT2D eigenvalue weighted by Gasteiger charge is -2.08. The van der Waals surface area contributed by atoms with E-state index in [0.29, 0.717) is 12.1 Å². The highest BCUT2D eigenvalue weighted by Gasteiger charge is 2.14. The van der Waals surface area contributed by atoms with Gasteiger partial charge in [-0.05, 0) is 29.8 Å². The maximum Gasteiger partial charge on any atom is 0.115 e. The zero-order valence-corrected chi connectivity index (χ0v) is 11.3. The van der Waals surface area contributed by atoms with Crippen LogP contribution >= 0.6 is 0 Å². The van der Waals surface area contributed by atoms with Crippen molar-refractivity contribution in [2.75, 3.05) is 0 Å². The molecule has 0 unspecified atom stereocenters. The Kier molecular flexibility index (Phi) is 3.66. The van der Waals surface area contributed by atoms with E-state index in [1.165, 1.54) is 0 Å². The number of aromatic nitrogens is 3. The number of hydrogen-bond donors (Lipinski definition) is 2. The summed E-state index contributed by atoms with van der Waals surface area (Å²) < 4.78 is 1.69. The molecule has 1 aromatic heterocycles. The van der Waals surface area contributed by atoms with Gasteiger partial charge in [0, 0.05) is 6.42 Å². The highest BCUT2D eigenvalue weighted by molar-refractivity contribution is 5.39. The number of benzene rings is 2. The van der Waals surface area contributed by atoms with Crippen molar-refractivity contribution in [1.82, 2.24) is 15.0 Å². The smallest absolute Gasteiger partial charge is 0.115 e. The van der Waals surface area contributed by atoms with Crippen LogP contribution in [0.3, 0.4) is 0 Å². The molecule has 0 spiro atoms. The quantitative estimate of drug-likeness (QED) is 0.768. The summed E-state index contributed by atoms with van der Waals surface area (Å²) in [5, 5.41) is 27.0. The molecule has 1 heterocycles. The molecule has 3 aromatic rings. The van der Waals surface area contributed by atoms with Crippen LogP contribution in [0.15, 0.2) is 54.6 Å². The van der Waals surface area contributed by atoms with Crippen LogP contribution < -0.4 is 0 Å². The third-order valence-corrected chi connectivity index (χ3v) is 3.30. The highest BCUT2D eigenvalue weighted by Crippen LogP contribution is 2.19. The van der Waals surface area contributed by atoms with Gasteiger partial charge in [0.15, 0.2) is 0 Å². The molecule has 5 heteroatoms. The van der Waals surface area contributed by atoms with Crippen LogP contribution in [-0.2, 0) is 13.0 Å². The van der Waals surface area contributed by atoms with E-state index in [1.54, 1.807) is 28.9 Å². The standard InChI is InChI=1S/C16H15N3O2/c20-11-15-16(10-12-4-2-1-3-5-12)19(18-17-15)13-6-8-14(21)9-7-13/h1-9,20-21H,10-11H2. The molecule has 0 fully saturated rings. The maximum atomic E-state index is 9.44. The first-order valence-electron chi connectivity index (χ1n) is 6.65. The Bertz CT molecular complexity index is 721. The molecule has 106 valence electrons. The first kappa shape index (κ1) is 13.3. The van der Waals surface area contributed by atoms with Gasteiger partial charge >= 0.3 is 0 Å². The molecule has 0 aliphatic heterocycles. The van der Waals surface area contributed by atoms with Gasteiger partial charge in [-0.25, -0.2) is 4.68 Å². The fourth-order valence-electron chi connectivity index (χ4n) is 2.22. The molecule has 0 aliphatic rings. The van der Waals surface area contributed by atoms with Crippen LogP contribution in [0.2, 0.25) is 0 Å². The Balaban J connectivity index is 2.02. The molecule has 0 saturated heterocycles. The molecule has 0 aliphatic carbocycles. The number of aromatic hydroxyl groups is 1. The van der Waals surface area contributed by atoms with Crippen LogP contribution in [0.4, 0.5) is 0 Å². The maximum absolute atomic E-state index is 9.44. The summed E-state index contributed by atoms with van der Waals surface area (Å²) in [6.45, 7) is -0.153.